The van der Waals surface area contributed by atoms with Crippen LogP contribution in [0.25, 0.3) is 0 Å². The van der Waals surface area contributed by atoms with Crippen molar-refractivity contribution in [2.24, 2.45) is 0 Å². The second-order valence-corrected chi connectivity index (χ2v) is 7.13. The third-order valence-electron chi connectivity index (χ3n) is 4.96. The lowest BCUT2D eigenvalue weighted by Gasteiger charge is -2.32. The van der Waals surface area contributed by atoms with Gasteiger partial charge in [-0.1, -0.05) is 36.4 Å². The number of nitrogens with zero attached hydrogens (tertiary/aromatic N) is 1. The molecule has 1 fully saturated rings. The lowest BCUT2D eigenvalue weighted by Crippen LogP contribution is -2.48. The summed E-state index contributed by atoms with van der Waals surface area (Å²) >= 11 is 0. The minimum Gasteiger partial charge on any atom is -0.483 e. The van der Waals surface area contributed by atoms with Crippen LogP contribution in [-0.2, 0) is 4.79 Å². The number of urea groups is 1. The zero-order chi connectivity index (χ0) is 19.9. The normalized spacial score (nSPS) is 14.4. The number of amides is 3. The average molecular weight is 381 g/mol. The van der Waals surface area contributed by atoms with E-state index in [1.807, 2.05) is 62.4 Å². The summed E-state index contributed by atoms with van der Waals surface area (Å²) in [5.41, 5.74) is 2.82. The molecule has 1 saturated heterocycles. The Morgan fingerprint density at radius 2 is 1.64 bits per heavy atom. The number of likely N-dealkylation sites (tertiary alicyclic amines) is 1. The molecule has 0 bridgehead atoms. The molecule has 2 N–H and O–H groups in total. The van der Waals surface area contributed by atoms with Gasteiger partial charge in [-0.05, 0) is 49.9 Å². The third-order valence-corrected chi connectivity index (χ3v) is 4.96. The lowest BCUT2D eigenvalue weighted by molar-refractivity contribution is -0.134. The summed E-state index contributed by atoms with van der Waals surface area (Å²) in [5, 5.41) is 5.80. The fourth-order valence-electron chi connectivity index (χ4n) is 3.40. The molecule has 0 unspecified atom stereocenters. The summed E-state index contributed by atoms with van der Waals surface area (Å²) in [6, 6.07) is 15.1. The summed E-state index contributed by atoms with van der Waals surface area (Å²) in [7, 11) is 0. The van der Waals surface area contributed by atoms with Crippen LogP contribution in [0.15, 0.2) is 48.5 Å². The quantitative estimate of drug-likeness (QED) is 0.833. The van der Waals surface area contributed by atoms with Gasteiger partial charge in [0, 0.05) is 24.8 Å². The van der Waals surface area contributed by atoms with E-state index < -0.39 is 0 Å². The predicted octanol–water partition coefficient (Wildman–Crippen LogP) is 3.49. The molecular weight excluding hydrogens is 354 g/mol. The van der Waals surface area contributed by atoms with Crippen LogP contribution in [0.1, 0.15) is 24.0 Å². The number of aryl methyl sites for hydroxylation is 2. The summed E-state index contributed by atoms with van der Waals surface area (Å²) in [5.74, 6) is 0.764. The number of ether oxygens (including phenoxy) is 1. The van der Waals surface area contributed by atoms with E-state index in [-0.39, 0.29) is 24.6 Å². The number of carbonyl (C=O) groups excluding carboxylic acids is 2. The van der Waals surface area contributed by atoms with Crippen molar-refractivity contribution in [2.45, 2.75) is 32.7 Å². The Balaban J connectivity index is 1.42. The first kappa shape index (κ1) is 19.7. The lowest BCUT2D eigenvalue weighted by atomic mass is 10.1. The van der Waals surface area contributed by atoms with E-state index in [0.29, 0.717) is 13.1 Å². The highest BCUT2D eigenvalue weighted by Crippen LogP contribution is 2.22. The first-order valence-electron chi connectivity index (χ1n) is 9.62. The molecule has 0 spiro atoms. The van der Waals surface area contributed by atoms with Gasteiger partial charge >= 0.3 is 6.03 Å². The van der Waals surface area contributed by atoms with Gasteiger partial charge < -0.3 is 20.3 Å². The van der Waals surface area contributed by atoms with E-state index in [0.717, 1.165) is 35.4 Å². The molecule has 1 aliphatic rings. The molecule has 148 valence electrons. The van der Waals surface area contributed by atoms with Gasteiger partial charge in [0.15, 0.2) is 6.61 Å². The van der Waals surface area contributed by atoms with E-state index >= 15 is 0 Å². The minimum atomic E-state index is -0.214. The summed E-state index contributed by atoms with van der Waals surface area (Å²) in [4.78, 5) is 26.4. The fourth-order valence-corrected chi connectivity index (χ4v) is 3.40. The van der Waals surface area contributed by atoms with Crippen LogP contribution in [0, 0.1) is 13.8 Å². The Bertz CT molecular complexity index is 795. The number of benzene rings is 2. The van der Waals surface area contributed by atoms with Crippen LogP contribution in [0.2, 0.25) is 0 Å². The molecule has 1 heterocycles. The largest absolute Gasteiger partial charge is 0.483 e. The van der Waals surface area contributed by atoms with Gasteiger partial charge in [-0.15, -0.1) is 0 Å². The highest BCUT2D eigenvalue weighted by molar-refractivity contribution is 5.89. The minimum absolute atomic E-state index is 0.0187. The van der Waals surface area contributed by atoms with E-state index in [1.54, 1.807) is 4.90 Å². The van der Waals surface area contributed by atoms with E-state index in [2.05, 4.69) is 10.6 Å². The molecule has 28 heavy (non-hydrogen) atoms. The van der Waals surface area contributed by atoms with Crippen molar-refractivity contribution in [1.29, 1.82) is 0 Å². The van der Waals surface area contributed by atoms with Gasteiger partial charge in [-0.3, -0.25) is 4.79 Å². The number of nitrogens with one attached hydrogen (secondary N) is 2. The van der Waals surface area contributed by atoms with Gasteiger partial charge in [0.25, 0.3) is 5.91 Å². The Hall–Kier alpha value is -3.02. The molecule has 1 aliphatic heterocycles. The second kappa shape index (κ2) is 9.26. The van der Waals surface area contributed by atoms with Gasteiger partial charge in [0.2, 0.25) is 0 Å². The van der Waals surface area contributed by atoms with E-state index in [9.17, 15) is 9.59 Å². The third kappa shape index (κ3) is 5.25. The van der Waals surface area contributed by atoms with Crippen molar-refractivity contribution < 1.29 is 14.3 Å². The Kier molecular flexibility index (Phi) is 6.53. The molecular formula is C22H27N3O3. The second-order valence-electron chi connectivity index (χ2n) is 7.13. The molecule has 2 aromatic rings. The number of para-hydroxylation sites is 2. The molecule has 0 aliphatic carbocycles. The molecule has 3 rings (SSSR count). The number of rotatable bonds is 5. The number of piperidine rings is 1. The fraction of sp³-hybridized carbons (Fsp3) is 0.364. The van der Waals surface area contributed by atoms with Crippen molar-refractivity contribution >= 4 is 17.6 Å². The SMILES string of the molecule is Cc1cccc(C)c1OCC(=O)N1CCC(NC(=O)Nc2ccccc2)CC1. The van der Waals surface area contributed by atoms with Crippen LogP contribution in [-0.4, -0.2) is 42.6 Å². The number of hydrogen-bond acceptors (Lipinski definition) is 3. The van der Waals surface area contributed by atoms with Gasteiger partial charge in [0.1, 0.15) is 5.75 Å². The molecule has 3 amide bonds. The Morgan fingerprint density at radius 1 is 1.00 bits per heavy atom. The standard InChI is InChI=1S/C22H27N3O3/c1-16-7-6-8-17(2)21(16)28-15-20(26)25-13-11-19(12-14-25)24-22(27)23-18-9-4-3-5-10-18/h3-10,19H,11-15H2,1-2H3,(H2,23,24,27). The predicted molar refractivity (Wildman–Crippen MR) is 110 cm³/mol. The molecule has 2 aromatic carbocycles. The summed E-state index contributed by atoms with van der Waals surface area (Å²) < 4.78 is 5.77. The molecule has 0 aromatic heterocycles. The topological polar surface area (TPSA) is 70.7 Å². The van der Waals surface area contributed by atoms with Gasteiger partial charge in [0.05, 0.1) is 0 Å². The van der Waals surface area contributed by atoms with Crippen LogP contribution in [0.3, 0.4) is 0 Å². The molecule has 6 heteroatoms. The van der Waals surface area contributed by atoms with Crippen LogP contribution >= 0.6 is 0 Å². The molecule has 0 radical (unpaired) electrons. The Morgan fingerprint density at radius 3 is 2.29 bits per heavy atom. The zero-order valence-corrected chi connectivity index (χ0v) is 16.4. The Labute approximate surface area is 165 Å². The van der Waals surface area contributed by atoms with Crippen molar-refractivity contribution in [3.05, 3.63) is 59.7 Å². The van der Waals surface area contributed by atoms with Crippen molar-refractivity contribution in [3.8, 4) is 5.75 Å². The maximum atomic E-state index is 12.5. The van der Waals surface area contributed by atoms with Crippen molar-refractivity contribution in [3.63, 3.8) is 0 Å². The average Bonchev–Trinajstić information content (AvgIpc) is 2.68. The molecule has 0 atom stereocenters. The molecule has 0 saturated carbocycles. The van der Waals surface area contributed by atoms with Gasteiger partial charge in [-0.2, -0.15) is 0 Å². The monoisotopic (exact) mass is 381 g/mol. The zero-order valence-electron chi connectivity index (χ0n) is 16.4. The maximum Gasteiger partial charge on any atom is 0.319 e. The molecule has 6 nitrogen and oxygen atoms in total. The highest BCUT2D eigenvalue weighted by atomic mass is 16.5. The van der Waals surface area contributed by atoms with Crippen LogP contribution < -0.4 is 15.4 Å². The first-order valence-corrected chi connectivity index (χ1v) is 9.62. The number of anilines is 1. The van der Waals surface area contributed by atoms with E-state index in [4.69, 9.17) is 4.74 Å². The van der Waals surface area contributed by atoms with E-state index in [1.165, 1.54) is 0 Å². The summed E-state index contributed by atoms with van der Waals surface area (Å²) in [6.45, 7) is 5.23. The summed E-state index contributed by atoms with van der Waals surface area (Å²) in [6.07, 6.45) is 1.47. The first-order chi connectivity index (χ1) is 13.5. The highest BCUT2D eigenvalue weighted by Gasteiger charge is 2.24. The van der Waals surface area contributed by atoms with Crippen LogP contribution in [0.5, 0.6) is 5.75 Å². The number of hydrogen-bond donors (Lipinski definition) is 2. The van der Waals surface area contributed by atoms with Gasteiger partial charge in [-0.25, -0.2) is 4.79 Å². The van der Waals surface area contributed by atoms with Crippen molar-refractivity contribution in [1.82, 2.24) is 10.2 Å². The van der Waals surface area contributed by atoms with Crippen LogP contribution in [0.4, 0.5) is 10.5 Å². The number of carbonyl (C=O) groups is 2. The smallest absolute Gasteiger partial charge is 0.319 e. The maximum absolute atomic E-state index is 12.5. The van der Waals surface area contributed by atoms with Crippen molar-refractivity contribution in [2.75, 3.05) is 25.0 Å².